The number of carbonyl (C=O) groups is 1. The molecule has 1 aromatic carbocycles. The largest absolute Gasteiger partial charge is 0.490 e. The third-order valence-corrected chi connectivity index (χ3v) is 7.48. The fraction of sp³-hybridized carbons (Fsp3) is 0.233. The van der Waals surface area contributed by atoms with Gasteiger partial charge >= 0.3 is 12.1 Å². The molecule has 5 aromatic rings. The van der Waals surface area contributed by atoms with Gasteiger partial charge in [-0.2, -0.15) is 28.6 Å². The Hall–Kier alpha value is -4.89. The molecule has 0 spiro atoms. The third-order valence-electron chi connectivity index (χ3n) is 7.23. The number of benzene rings is 1. The average molecular weight is 608 g/mol. The molecule has 0 radical (unpaired) electrons. The summed E-state index contributed by atoms with van der Waals surface area (Å²) in [5, 5.41) is 26.3. The predicted molar refractivity (Wildman–Crippen MR) is 155 cm³/mol. The van der Waals surface area contributed by atoms with E-state index in [9.17, 15) is 18.4 Å². The van der Waals surface area contributed by atoms with Crippen molar-refractivity contribution in [3.63, 3.8) is 0 Å². The molecule has 5 heterocycles. The molecule has 6 rings (SSSR count). The van der Waals surface area contributed by atoms with Crippen molar-refractivity contribution in [1.82, 2.24) is 24.4 Å². The molecule has 13 heteroatoms. The molecule has 0 aliphatic carbocycles. The fourth-order valence-corrected chi connectivity index (χ4v) is 5.19. The van der Waals surface area contributed by atoms with Crippen LogP contribution in [0.5, 0.6) is 0 Å². The van der Waals surface area contributed by atoms with Gasteiger partial charge in [-0.15, -0.1) is 0 Å². The molecule has 4 aromatic heterocycles. The molecule has 1 aliphatic rings. The SMILES string of the molecule is Cn1cc(-c2cc(-c3ccc(N4CCC(c5ccc(Cl)cc5)CC4)nc3)c3c(C#N)cnn3c2)cn1.O=C(O)C(F)(F)F. The van der Waals surface area contributed by atoms with Gasteiger partial charge in [0.15, 0.2) is 0 Å². The second kappa shape index (κ2) is 12.1. The van der Waals surface area contributed by atoms with Crippen molar-refractivity contribution in [3.8, 4) is 28.3 Å². The molecule has 1 saturated heterocycles. The second-order valence-electron chi connectivity index (χ2n) is 10.0. The highest BCUT2D eigenvalue weighted by Gasteiger charge is 2.38. The van der Waals surface area contributed by atoms with E-state index in [0.29, 0.717) is 11.5 Å². The van der Waals surface area contributed by atoms with E-state index in [-0.39, 0.29) is 0 Å². The lowest BCUT2D eigenvalue weighted by atomic mass is 9.89. The van der Waals surface area contributed by atoms with E-state index in [1.165, 1.54) is 5.56 Å². The van der Waals surface area contributed by atoms with E-state index in [1.54, 1.807) is 15.4 Å². The normalized spacial score (nSPS) is 13.8. The Labute approximate surface area is 249 Å². The number of nitrogens with zero attached hydrogens (tertiary/aromatic N) is 7. The van der Waals surface area contributed by atoms with Crippen LogP contribution in [0.4, 0.5) is 19.0 Å². The van der Waals surface area contributed by atoms with Crippen LogP contribution < -0.4 is 4.90 Å². The smallest absolute Gasteiger partial charge is 0.475 e. The second-order valence-corrected chi connectivity index (χ2v) is 10.5. The molecule has 0 saturated carbocycles. The van der Waals surface area contributed by atoms with Gasteiger partial charge in [-0.1, -0.05) is 23.7 Å². The van der Waals surface area contributed by atoms with Gasteiger partial charge in [-0.05, 0) is 54.7 Å². The summed E-state index contributed by atoms with van der Waals surface area (Å²) in [7, 11) is 1.89. The first kappa shape index (κ1) is 29.6. The van der Waals surface area contributed by atoms with Crippen LogP contribution >= 0.6 is 11.6 Å². The van der Waals surface area contributed by atoms with Gasteiger partial charge in [0.1, 0.15) is 11.9 Å². The average Bonchev–Trinajstić information content (AvgIpc) is 3.63. The highest BCUT2D eigenvalue weighted by molar-refractivity contribution is 6.30. The Morgan fingerprint density at radius 1 is 1.00 bits per heavy atom. The van der Waals surface area contributed by atoms with Gasteiger partial charge in [0.25, 0.3) is 0 Å². The number of carboxylic acids is 1. The first-order valence-corrected chi connectivity index (χ1v) is 13.6. The molecule has 220 valence electrons. The lowest BCUT2D eigenvalue weighted by Gasteiger charge is -2.33. The lowest BCUT2D eigenvalue weighted by molar-refractivity contribution is -0.192. The van der Waals surface area contributed by atoms with Crippen molar-refractivity contribution in [1.29, 1.82) is 5.26 Å². The lowest BCUT2D eigenvalue weighted by Crippen LogP contribution is -2.33. The van der Waals surface area contributed by atoms with Crippen LogP contribution in [0, 0.1) is 11.3 Å². The van der Waals surface area contributed by atoms with E-state index in [4.69, 9.17) is 26.5 Å². The number of halogens is 4. The summed E-state index contributed by atoms with van der Waals surface area (Å²) >= 11 is 6.05. The van der Waals surface area contributed by atoms with Gasteiger partial charge in [0.05, 0.1) is 23.5 Å². The van der Waals surface area contributed by atoms with E-state index >= 15 is 0 Å². The number of nitriles is 1. The van der Waals surface area contributed by atoms with Crippen molar-refractivity contribution in [2.24, 2.45) is 7.05 Å². The van der Waals surface area contributed by atoms with Crippen molar-refractivity contribution in [2.75, 3.05) is 18.0 Å². The Bertz CT molecular complexity index is 1780. The fourth-order valence-electron chi connectivity index (χ4n) is 5.06. The summed E-state index contributed by atoms with van der Waals surface area (Å²) in [5.74, 6) is -1.23. The molecule has 1 N–H and O–H groups in total. The van der Waals surface area contributed by atoms with Crippen LogP contribution in [0.25, 0.3) is 27.8 Å². The van der Waals surface area contributed by atoms with Crippen LogP contribution in [0.1, 0.15) is 29.9 Å². The Kier molecular flexibility index (Phi) is 8.36. The van der Waals surface area contributed by atoms with E-state index in [2.05, 4.69) is 51.5 Å². The Morgan fingerprint density at radius 2 is 1.70 bits per heavy atom. The number of alkyl halides is 3. The monoisotopic (exact) mass is 607 g/mol. The van der Waals surface area contributed by atoms with Crippen molar-refractivity contribution < 1.29 is 23.1 Å². The predicted octanol–water partition coefficient (Wildman–Crippen LogP) is 6.34. The minimum absolute atomic E-state index is 0.538. The van der Waals surface area contributed by atoms with Gasteiger partial charge in [0.2, 0.25) is 0 Å². The topological polar surface area (TPSA) is 112 Å². The molecule has 0 bridgehead atoms. The van der Waals surface area contributed by atoms with Crippen LogP contribution in [-0.2, 0) is 11.8 Å². The maximum absolute atomic E-state index is 10.6. The number of rotatable bonds is 4. The molecule has 1 aliphatic heterocycles. The molecule has 1 fully saturated rings. The summed E-state index contributed by atoms with van der Waals surface area (Å²) in [4.78, 5) is 16.1. The minimum atomic E-state index is -5.08. The number of fused-ring (bicyclic) bond motifs is 1. The van der Waals surface area contributed by atoms with E-state index in [0.717, 1.165) is 64.5 Å². The minimum Gasteiger partial charge on any atom is -0.475 e. The first-order chi connectivity index (χ1) is 20.5. The number of aryl methyl sites for hydroxylation is 1. The number of aliphatic carboxylic acids is 1. The van der Waals surface area contributed by atoms with Crippen LogP contribution in [0.3, 0.4) is 0 Å². The summed E-state index contributed by atoms with van der Waals surface area (Å²) in [6.07, 6.45) is 6.32. The number of piperidine rings is 1. The summed E-state index contributed by atoms with van der Waals surface area (Å²) in [6, 6.07) is 16.8. The number of aromatic nitrogens is 5. The highest BCUT2D eigenvalue weighted by atomic mass is 35.5. The first-order valence-electron chi connectivity index (χ1n) is 13.2. The third kappa shape index (κ3) is 6.62. The number of hydrogen-bond acceptors (Lipinski definition) is 6. The quantitative estimate of drug-likeness (QED) is 0.254. The van der Waals surface area contributed by atoms with E-state index < -0.39 is 12.1 Å². The van der Waals surface area contributed by atoms with Crippen molar-refractivity contribution in [2.45, 2.75) is 24.9 Å². The Balaban J connectivity index is 0.000000472. The molecule has 43 heavy (non-hydrogen) atoms. The van der Waals surface area contributed by atoms with Crippen LogP contribution in [0.15, 0.2) is 73.4 Å². The number of hydrogen-bond donors (Lipinski definition) is 1. The summed E-state index contributed by atoms with van der Waals surface area (Å²) < 4.78 is 35.3. The molecule has 0 atom stereocenters. The number of carboxylic acid groups (broad SMARTS) is 1. The van der Waals surface area contributed by atoms with Crippen molar-refractivity contribution in [3.05, 3.63) is 89.6 Å². The van der Waals surface area contributed by atoms with Gasteiger partial charge < -0.3 is 10.0 Å². The molecule has 0 amide bonds. The molecule has 0 unspecified atom stereocenters. The summed E-state index contributed by atoms with van der Waals surface area (Å²) in [6.45, 7) is 1.92. The zero-order valence-corrected chi connectivity index (χ0v) is 23.6. The van der Waals surface area contributed by atoms with Crippen LogP contribution in [0.2, 0.25) is 5.02 Å². The standard InChI is InChI=1S/C28H24ClN7.C2HF3O2/c1-34-17-24(16-32-34)22-12-26(28-23(13-30)15-33-36(28)18-22)21-4-7-27(31-14-21)35-10-8-20(9-11-35)19-2-5-25(29)6-3-19;3-2(4,5)1(6)7/h2-7,12,14-18,20H,8-11H2,1H3;(H,6,7). The van der Waals surface area contributed by atoms with Gasteiger partial charge in [-0.3, -0.25) is 4.68 Å². The number of pyridine rings is 2. The van der Waals surface area contributed by atoms with Gasteiger partial charge in [-0.25, -0.2) is 14.3 Å². The zero-order valence-electron chi connectivity index (χ0n) is 22.8. The molecule has 9 nitrogen and oxygen atoms in total. The highest BCUT2D eigenvalue weighted by Crippen LogP contribution is 2.34. The van der Waals surface area contributed by atoms with E-state index in [1.807, 2.05) is 44.0 Å². The zero-order chi connectivity index (χ0) is 30.7. The van der Waals surface area contributed by atoms with Crippen molar-refractivity contribution >= 4 is 28.9 Å². The summed E-state index contributed by atoms with van der Waals surface area (Å²) in [5.41, 5.74) is 6.51. The van der Waals surface area contributed by atoms with Crippen LogP contribution in [-0.4, -0.2) is 54.7 Å². The molecular weight excluding hydrogens is 583 g/mol. The molecular formula is C30H25ClF3N7O2. The number of anilines is 1. The maximum Gasteiger partial charge on any atom is 0.490 e. The van der Waals surface area contributed by atoms with Gasteiger partial charge in [0, 0.05) is 66.0 Å². The maximum atomic E-state index is 10.6. The Morgan fingerprint density at radius 3 is 2.26 bits per heavy atom.